The number of hydrogen-bond acceptors (Lipinski definition) is 1. The second-order valence-electron chi connectivity index (χ2n) is 4.39. The Hall–Kier alpha value is -0.980. The van der Waals surface area contributed by atoms with E-state index in [4.69, 9.17) is 0 Å². The summed E-state index contributed by atoms with van der Waals surface area (Å²) < 4.78 is 0. The summed E-state index contributed by atoms with van der Waals surface area (Å²) >= 11 is 0. The van der Waals surface area contributed by atoms with Gasteiger partial charge in [-0.3, -0.25) is 0 Å². The molecule has 1 nitrogen and oxygen atoms in total. The molecule has 0 aliphatic carbocycles. The highest BCUT2D eigenvalue weighted by Gasteiger charge is 2.11. The van der Waals surface area contributed by atoms with Gasteiger partial charge in [0, 0.05) is 19.3 Å². The first-order chi connectivity index (χ1) is 7.10. The molecule has 15 heavy (non-hydrogen) atoms. The van der Waals surface area contributed by atoms with Crippen LogP contribution in [-0.2, 0) is 0 Å². The van der Waals surface area contributed by atoms with Crippen molar-refractivity contribution in [2.75, 3.05) is 18.5 Å². The van der Waals surface area contributed by atoms with Gasteiger partial charge in [-0.05, 0) is 37.8 Å². The number of nitrogens with zero attached hydrogens (tertiary/aromatic N) is 1. The molecule has 0 N–H and O–H groups in total. The topological polar surface area (TPSA) is 3.24 Å². The van der Waals surface area contributed by atoms with Crippen LogP contribution in [0.3, 0.4) is 0 Å². The number of rotatable bonds is 4. The number of aryl methyl sites for hydroxylation is 1. The van der Waals surface area contributed by atoms with Crippen molar-refractivity contribution in [2.24, 2.45) is 0 Å². The molecule has 1 unspecified atom stereocenters. The summed E-state index contributed by atoms with van der Waals surface area (Å²) in [5.41, 5.74) is 4.23. The highest BCUT2D eigenvalue weighted by molar-refractivity contribution is 5.55. The third kappa shape index (κ3) is 2.74. The summed E-state index contributed by atoms with van der Waals surface area (Å²) in [6, 6.07) is 6.78. The van der Waals surface area contributed by atoms with Crippen molar-refractivity contribution in [3.8, 4) is 0 Å². The van der Waals surface area contributed by atoms with E-state index in [9.17, 15) is 0 Å². The maximum absolute atomic E-state index is 2.33. The zero-order valence-corrected chi connectivity index (χ0v) is 10.7. The van der Waals surface area contributed by atoms with Crippen molar-refractivity contribution >= 4 is 5.69 Å². The molecule has 0 aliphatic heterocycles. The quantitative estimate of drug-likeness (QED) is 0.719. The Morgan fingerprint density at radius 1 is 1.27 bits per heavy atom. The van der Waals surface area contributed by atoms with Gasteiger partial charge in [-0.2, -0.15) is 0 Å². The van der Waals surface area contributed by atoms with Crippen molar-refractivity contribution < 1.29 is 0 Å². The Kier molecular flexibility index (Phi) is 4.19. The molecule has 1 atom stereocenters. The molecule has 0 radical (unpaired) electrons. The zero-order valence-electron chi connectivity index (χ0n) is 10.7. The molecule has 1 aromatic rings. The molecule has 0 saturated heterocycles. The monoisotopic (exact) mass is 205 g/mol. The predicted octanol–water partition coefficient (Wildman–Crippen LogP) is 3.96. The minimum atomic E-state index is 0.647. The van der Waals surface area contributed by atoms with E-state index in [1.54, 1.807) is 0 Å². The molecule has 0 aliphatic rings. The number of hydrogen-bond donors (Lipinski definition) is 0. The van der Waals surface area contributed by atoms with Crippen LogP contribution in [0.15, 0.2) is 18.2 Å². The van der Waals surface area contributed by atoms with Crippen LogP contribution in [-0.4, -0.2) is 13.6 Å². The summed E-state index contributed by atoms with van der Waals surface area (Å²) in [5.74, 6) is 0.647. The van der Waals surface area contributed by atoms with Crippen LogP contribution in [0.25, 0.3) is 0 Å². The molecule has 0 saturated carbocycles. The fourth-order valence-corrected chi connectivity index (χ4v) is 1.81. The lowest BCUT2D eigenvalue weighted by Gasteiger charge is -2.24. The molecule has 1 rings (SSSR count). The fraction of sp³-hybridized carbons (Fsp3) is 0.571. The van der Waals surface area contributed by atoms with Crippen LogP contribution in [0.4, 0.5) is 5.69 Å². The van der Waals surface area contributed by atoms with Gasteiger partial charge in [-0.1, -0.05) is 31.5 Å². The second kappa shape index (κ2) is 5.20. The Morgan fingerprint density at radius 2 is 1.93 bits per heavy atom. The Balaban J connectivity index is 3.14. The van der Waals surface area contributed by atoms with Crippen LogP contribution >= 0.6 is 0 Å². The van der Waals surface area contributed by atoms with Gasteiger partial charge in [-0.25, -0.2) is 0 Å². The maximum Gasteiger partial charge on any atom is 0.0398 e. The summed E-state index contributed by atoms with van der Waals surface area (Å²) in [6.45, 7) is 9.98. The minimum Gasteiger partial charge on any atom is -0.375 e. The summed E-state index contributed by atoms with van der Waals surface area (Å²) in [5, 5.41) is 0. The molecule has 1 heteroatoms. The van der Waals surface area contributed by atoms with Gasteiger partial charge in [0.1, 0.15) is 0 Å². The van der Waals surface area contributed by atoms with Crippen LogP contribution in [0, 0.1) is 6.92 Å². The van der Waals surface area contributed by atoms with Crippen molar-refractivity contribution in [3.05, 3.63) is 29.3 Å². The van der Waals surface area contributed by atoms with Gasteiger partial charge in [0.15, 0.2) is 0 Å². The Bertz CT molecular complexity index is 317. The van der Waals surface area contributed by atoms with E-state index in [-0.39, 0.29) is 0 Å². The number of benzene rings is 1. The fourth-order valence-electron chi connectivity index (χ4n) is 1.81. The molecular weight excluding hydrogens is 182 g/mol. The summed E-state index contributed by atoms with van der Waals surface area (Å²) in [4.78, 5) is 2.32. The molecule has 1 aromatic carbocycles. The second-order valence-corrected chi connectivity index (χ2v) is 4.39. The van der Waals surface area contributed by atoms with Crippen molar-refractivity contribution in [2.45, 2.75) is 40.0 Å². The lowest BCUT2D eigenvalue weighted by molar-refractivity contribution is 0.728. The zero-order chi connectivity index (χ0) is 11.4. The van der Waals surface area contributed by atoms with Crippen molar-refractivity contribution in [3.63, 3.8) is 0 Å². The van der Waals surface area contributed by atoms with Gasteiger partial charge < -0.3 is 4.90 Å². The van der Waals surface area contributed by atoms with Crippen LogP contribution in [0.5, 0.6) is 0 Å². The average molecular weight is 205 g/mol. The molecule has 0 amide bonds. The first kappa shape index (κ1) is 12.1. The van der Waals surface area contributed by atoms with Gasteiger partial charge in [0.25, 0.3) is 0 Å². The lowest BCUT2D eigenvalue weighted by atomic mass is 9.95. The Labute approximate surface area is 94.1 Å². The van der Waals surface area contributed by atoms with Crippen LogP contribution in [0.2, 0.25) is 0 Å². The largest absolute Gasteiger partial charge is 0.375 e. The highest BCUT2D eigenvalue weighted by Crippen LogP contribution is 2.29. The van der Waals surface area contributed by atoms with E-state index in [2.05, 4.69) is 57.8 Å². The third-order valence-electron chi connectivity index (χ3n) is 3.21. The van der Waals surface area contributed by atoms with E-state index in [1.165, 1.54) is 23.2 Å². The molecule has 0 fully saturated rings. The van der Waals surface area contributed by atoms with E-state index in [0.717, 1.165) is 6.54 Å². The molecular formula is C14H23N. The maximum atomic E-state index is 2.33. The normalized spacial score (nSPS) is 12.6. The molecule has 0 spiro atoms. The first-order valence-corrected chi connectivity index (χ1v) is 5.91. The van der Waals surface area contributed by atoms with Gasteiger partial charge in [0.2, 0.25) is 0 Å². The van der Waals surface area contributed by atoms with Gasteiger partial charge in [0.05, 0.1) is 0 Å². The molecule has 0 heterocycles. The first-order valence-electron chi connectivity index (χ1n) is 5.91. The molecule has 84 valence electrons. The SMILES string of the molecule is CCC(C)c1cc(C)ccc1N(C)CC. The molecule has 0 aromatic heterocycles. The summed E-state index contributed by atoms with van der Waals surface area (Å²) in [6.07, 6.45) is 1.20. The molecule has 0 bridgehead atoms. The van der Waals surface area contributed by atoms with Gasteiger partial charge in [-0.15, -0.1) is 0 Å². The smallest absolute Gasteiger partial charge is 0.0398 e. The standard InChI is InChI=1S/C14H23N/c1-6-12(4)13-10-11(3)8-9-14(13)15(5)7-2/h8-10,12H,6-7H2,1-5H3. The lowest BCUT2D eigenvalue weighted by Crippen LogP contribution is -2.18. The minimum absolute atomic E-state index is 0.647. The van der Waals surface area contributed by atoms with E-state index >= 15 is 0 Å². The average Bonchev–Trinajstić information content (AvgIpc) is 2.26. The third-order valence-corrected chi connectivity index (χ3v) is 3.21. The van der Waals surface area contributed by atoms with E-state index in [0.29, 0.717) is 5.92 Å². The van der Waals surface area contributed by atoms with Crippen LogP contribution < -0.4 is 4.90 Å². The van der Waals surface area contributed by atoms with Crippen molar-refractivity contribution in [1.82, 2.24) is 0 Å². The Morgan fingerprint density at radius 3 is 2.47 bits per heavy atom. The van der Waals surface area contributed by atoms with E-state index < -0.39 is 0 Å². The van der Waals surface area contributed by atoms with E-state index in [1.807, 2.05) is 0 Å². The van der Waals surface area contributed by atoms with Crippen LogP contribution in [0.1, 0.15) is 44.2 Å². The van der Waals surface area contributed by atoms with Crippen molar-refractivity contribution in [1.29, 1.82) is 0 Å². The van der Waals surface area contributed by atoms with Gasteiger partial charge >= 0.3 is 0 Å². The highest BCUT2D eigenvalue weighted by atomic mass is 15.1. The summed E-state index contributed by atoms with van der Waals surface area (Å²) in [7, 11) is 2.16. The predicted molar refractivity (Wildman–Crippen MR) is 68.8 cm³/mol. The number of anilines is 1.